The third-order valence-corrected chi connectivity index (χ3v) is 4.60. The molecule has 0 saturated carbocycles. The first kappa shape index (κ1) is 16.7. The Bertz CT molecular complexity index is 612. The number of sulfonamides is 1. The molecule has 22 heavy (non-hydrogen) atoms. The molecule has 1 fully saturated rings. The van der Waals surface area contributed by atoms with Crippen molar-refractivity contribution < 1.29 is 22.3 Å². The Balaban J connectivity index is 2.04. The predicted molar refractivity (Wildman–Crippen MR) is 80.6 cm³/mol. The lowest BCUT2D eigenvalue weighted by Crippen LogP contribution is -2.42. The average Bonchev–Trinajstić information content (AvgIpc) is 2.48. The zero-order chi connectivity index (χ0) is 16.2. The van der Waals surface area contributed by atoms with Crippen LogP contribution in [0.25, 0.3) is 0 Å². The first-order chi connectivity index (χ1) is 10.4. The summed E-state index contributed by atoms with van der Waals surface area (Å²) in [7, 11) is -3.54. The lowest BCUT2D eigenvalue weighted by molar-refractivity contribution is -0.134. The van der Waals surface area contributed by atoms with Crippen LogP contribution in [-0.4, -0.2) is 58.3 Å². The van der Waals surface area contributed by atoms with Gasteiger partial charge in [0.1, 0.15) is 5.82 Å². The van der Waals surface area contributed by atoms with E-state index in [0.717, 1.165) is 10.6 Å². The maximum Gasteiger partial charge on any atom is 0.232 e. The van der Waals surface area contributed by atoms with Crippen LogP contribution in [0.2, 0.25) is 0 Å². The minimum absolute atomic E-state index is 0.0284. The highest BCUT2D eigenvalue weighted by atomic mass is 32.2. The Labute approximate surface area is 129 Å². The van der Waals surface area contributed by atoms with Gasteiger partial charge in [0.2, 0.25) is 15.9 Å². The van der Waals surface area contributed by atoms with Crippen LogP contribution in [-0.2, 0) is 19.6 Å². The summed E-state index contributed by atoms with van der Waals surface area (Å²) < 4.78 is 43.0. The minimum atomic E-state index is -3.54. The number of carbonyl (C=O) groups excluding carboxylic acids is 1. The second kappa shape index (κ2) is 7.06. The molecular formula is C14H19FN2O4S. The van der Waals surface area contributed by atoms with E-state index in [1.54, 1.807) is 4.90 Å². The smallest absolute Gasteiger partial charge is 0.232 e. The van der Waals surface area contributed by atoms with Crippen LogP contribution in [0, 0.1) is 5.82 Å². The Morgan fingerprint density at radius 1 is 1.27 bits per heavy atom. The van der Waals surface area contributed by atoms with Gasteiger partial charge in [0.25, 0.3) is 0 Å². The lowest BCUT2D eigenvalue weighted by atomic mass is 10.3. The number of halogens is 1. The molecule has 1 aliphatic rings. The highest BCUT2D eigenvalue weighted by molar-refractivity contribution is 7.92. The van der Waals surface area contributed by atoms with E-state index in [9.17, 15) is 17.6 Å². The van der Waals surface area contributed by atoms with Gasteiger partial charge in [-0.05, 0) is 24.3 Å². The van der Waals surface area contributed by atoms with Gasteiger partial charge >= 0.3 is 0 Å². The summed E-state index contributed by atoms with van der Waals surface area (Å²) >= 11 is 0. The van der Waals surface area contributed by atoms with Crippen molar-refractivity contribution >= 4 is 21.6 Å². The van der Waals surface area contributed by atoms with Crippen molar-refractivity contribution in [3.8, 4) is 0 Å². The van der Waals surface area contributed by atoms with Gasteiger partial charge in [-0.2, -0.15) is 0 Å². The molecule has 1 saturated heterocycles. The number of carbonyl (C=O) groups is 1. The van der Waals surface area contributed by atoms with Gasteiger partial charge in [0.15, 0.2) is 0 Å². The monoisotopic (exact) mass is 330 g/mol. The van der Waals surface area contributed by atoms with Gasteiger partial charge < -0.3 is 9.64 Å². The Kier molecular flexibility index (Phi) is 5.36. The summed E-state index contributed by atoms with van der Waals surface area (Å²) in [6.45, 7) is 2.07. The number of morpholine rings is 1. The van der Waals surface area contributed by atoms with E-state index in [-0.39, 0.29) is 18.9 Å². The standard InChI is InChI=1S/C14H19FN2O4S/c1-22(19,20)17(13-4-2-12(15)3-5-13)7-6-14(18)16-8-10-21-11-9-16/h2-5H,6-11H2,1H3. The van der Waals surface area contributed by atoms with Crippen molar-refractivity contribution in [3.05, 3.63) is 30.1 Å². The van der Waals surface area contributed by atoms with Crippen LogP contribution in [0.3, 0.4) is 0 Å². The predicted octanol–water partition coefficient (Wildman–Crippen LogP) is 0.841. The molecule has 0 atom stereocenters. The Morgan fingerprint density at radius 2 is 1.86 bits per heavy atom. The van der Waals surface area contributed by atoms with Gasteiger partial charge in [-0.25, -0.2) is 12.8 Å². The van der Waals surface area contributed by atoms with Crippen molar-refractivity contribution in [2.75, 3.05) is 43.4 Å². The zero-order valence-electron chi connectivity index (χ0n) is 12.4. The van der Waals surface area contributed by atoms with Gasteiger partial charge in [0.05, 0.1) is 25.2 Å². The minimum Gasteiger partial charge on any atom is -0.378 e. The number of anilines is 1. The van der Waals surface area contributed by atoms with E-state index in [1.165, 1.54) is 24.3 Å². The highest BCUT2D eigenvalue weighted by Crippen LogP contribution is 2.18. The molecule has 122 valence electrons. The molecule has 6 nitrogen and oxygen atoms in total. The van der Waals surface area contributed by atoms with Crippen molar-refractivity contribution in [2.45, 2.75) is 6.42 Å². The van der Waals surface area contributed by atoms with E-state index in [1.807, 2.05) is 0 Å². The third kappa shape index (κ3) is 4.41. The molecule has 1 aromatic carbocycles. The molecule has 1 aromatic rings. The van der Waals surface area contributed by atoms with Gasteiger partial charge in [0, 0.05) is 26.1 Å². The quantitative estimate of drug-likeness (QED) is 0.802. The molecule has 1 heterocycles. The summed E-state index contributed by atoms with van der Waals surface area (Å²) in [4.78, 5) is 13.8. The van der Waals surface area contributed by atoms with E-state index < -0.39 is 15.8 Å². The zero-order valence-corrected chi connectivity index (χ0v) is 13.2. The number of ether oxygens (including phenoxy) is 1. The number of benzene rings is 1. The third-order valence-electron chi connectivity index (χ3n) is 3.41. The van der Waals surface area contributed by atoms with Crippen LogP contribution >= 0.6 is 0 Å². The second-order valence-corrected chi connectivity index (χ2v) is 6.96. The molecule has 2 rings (SSSR count). The number of hydrogen-bond acceptors (Lipinski definition) is 4. The summed E-state index contributed by atoms with van der Waals surface area (Å²) in [6.07, 6.45) is 1.14. The second-order valence-electron chi connectivity index (χ2n) is 5.05. The Hall–Kier alpha value is -1.67. The first-order valence-electron chi connectivity index (χ1n) is 6.97. The fourth-order valence-electron chi connectivity index (χ4n) is 2.26. The summed E-state index contributed by atoms with van der Waals surface area (Å²) in [5.41, 5.74) is 0.346. The van der Waals surface area contributed by atoms with E-state index >= 15 is 0 Å². The molecule has 1 amide bonds. The van der Waals surface area contributed by atoms with Gasteiger partial charge in [-0.1, -0.05) is 0 Å². The van der Waals surface area contributed by atoms with Crippen molar-refractivity contribution in [3.63, 3.8) is 0 Å². The van der Waals surface area contributed by atoms with Crippen molar-refractivity contribution in [1.29, 1.82) is 0 Å². The fraction of sp³-hybridized carbons (Fsp3) is 0.500. The average molecular weight is 330 g/mol. The van der Waals surface area contributed by atoms with E-state index in [0.29, 0.717) is 32.0 Å². The highest BCUT2D eigenvalue weighted by Gasteiger charge is 2.22. The number of rotatable bonds is 5. The lowest BCUT2D eigenvalue weighted by Gasteiger charge is -2.28. The summed E-state index contributed by atoms with van der Waals surface area (Å²) in [5, 5.41) is 0. The topological polar surface area (TPSA) is 66.9 Å². The number of amides is 1. The Morgan fingerprint density at radius 3 is 2.41 bits per heavy atom. The maximum atomic E-state index is 13.0. The molecule has 0 spiro atoms. The summed E-state index contributed by atoms with van der Waals surface area (Å²) in [5.74, 6) is -0.555. The molecule has 0 bridgehead atoms. The van der Waals surface area contributed by atoms with Crippen molar-refractivity contribution in [1.82, 2.24) is 4.90 Å². The van der Waals surface area contributed by atoms with Gasteiger partial charge in [-0.3, -0.25) is 9.10 Å². The fourth-order valence-corrected chi connectivity index (χ4v) is 3.19. The molecular weight excluding hydrogens is 311 g/mol. The van der Waals surface area contributed by atoms with Crippen LogP contribution in [0.1, 0.15) is 6.42 Å². The van der Waals surface area contributed by atoms with Crippen LogP contribution in [0.5, 0.6) is 0 Å². The molecule has 0 N–H and O–H groups in total. The van der Waals surface area contributed by atoms with Crippen LogP contribution in [0.4, 0.5) is 10.1 Å². The maximum absolute atomic E-state index is 13.0. The van der Waals surface area contributed by atoms with E-state index in [4.69, 9.17) is 4.74 Å². The molecule has 0 radical (unpaired) electrons. The van der Waals surface area contributed by atoms with Crippen molar-refractivity contribution in [2.24, 2.45) is 0 Å². The molecule has 0 aromatic heterocycles. The largest absolute Gasteiger partial charge is 0.378 e. The van der Waals surface area contributed by atoms with Gasteiger partial charge in [-0.15, -0.1) is 0 Å². The molecule has 1 aliphatic heterocycles. The summed E-state index contributed by atoms with van der Waals surface area (Å²) in [6, 6.07) is 5.15. The normalized spacial score (nSPS) is 15.6. The van der Waals surface area contributed by atoms with Crippen LogP contribution < -0.4 is 4.31 Å². The molecule has 0 aliphatic carbocycles. The first-order valence-corrected chi connectivity index (χ1v) is 8.81. The molecule has 8 heteroatoms. The number of nitrogens with zero attached hydrogens (tertiary/aromatic N) is 2. The van der Waals surface area contributed by atoms with E-state index in [2.05, 4.69) is 0 Å². The molecule has 0 unspecified atom stereocenters. The SMILES string of the molecule is CS(=O)(=O)N(CCC(=O)N1CCOCC1)c1ccc(F)cc1. The number of hydrogen-bond donors (Lipinski definition) is 0. The van der Waals surface area contributed by atoms with Crippen LogP contribution in [0.15, 0.2) is 24.3 Å².